The quantitative estimate of drug-likeness (QED) is 0.670. The average Bonchev–Trinajstić information content (AvgIpc) is 3.19. The molecule has 0 aliphatic carbocycles. The normalized spacial score (nSPS) is 18.2. The Hall–Kier alpha value is -2.60. The average molecular weight is 411 g/mol. The van der Waals surface area contributed by atoms with Gasteiger partial charge in [-0.2, -0.15) is 0 Å². The molecular weight excluding hydrogens is 384 g/mol. The second-order valence-electron chi connectivity index (χ2n) is 8.09. The summed E-state index contributed by atoms with van der Waals surface area (Å²) in [5.74, 6) is 0.182. The first-order valence-electron chi connectivity index (χ1n) is 9.97. The molecule has 2 N–H and O–H groups in total. The van der Waals surface area contributed by atoms with Crippen LogP contribution in [-0.4, -0.2) is 30.8 Å². The third-order valence-electron chi connectivity index (χ3n) is 5.73. The summed E-state index contributed by atoms with van der Waals surface area (Å²) in [7, 11) is -2.96. The van der Waals surface area contributed by atoms with Crippen molar-refractivity contribution in [1.82, 2.24) is 10.3 Å². The first-order valence-corrected chi connectivity index (χ1v) is 11.8. The smallest absolute Gasteiger partial charge is 0.220 e. The van der Waals surface area contributed by atoms with Crippen LogP contribution in [0.25, 0.3) is 22.2 Å². The number of carbonyl (C=O) groups is 1. The van der Waals surface area contributed by atoms with Crippen LogP contribution in [0.15, 0.2) is 42.5 Å². The Bertz CT molecular complexity index is 1160. The van der Waals surface area contributed by atoms with Gasteiger partial charge in [0.15, 0.2) is 9.84 Å². The van der Waals surface area contributed by atoms with Gasteiger partial charge in [-0.25, -0.2) is 8.42 Å². The number of hydrogen-bond donors (Lipinski definition) is 2. The van der Waals surface area contributed by atoms with Crippen LogP contribution < -0.4 is 5.32 Å². The van der Waals surface area contributed by atoms with Crippen LogP contribution in [0.2, 0.25) is 0 Å². The molecule has 1 atom stereocenters. The molecule has 2 aromatic carbocycles. The van der Waals surface area contributed by atoms with Gasteiger partial charge in [-0.15, -0.1) is 0 Å². The fourth-order valence-corrected chi connectivity index (χ4v) is 6.11. The molecule has 1 amide bonds. The van der Waals surface area contributed by atoms with Gasteiger partial charge in [0.1, 0.15) is 0 Å². The minimum absolute atomic E-state index is 0.0602. The van der Waals surface area contributed by atoms with Crippen molar-refractivity contribution in [2.75, 3.05) is 11.5 Å². The maximum atomic E-state index is 12.4. The number of aryl methyl sites for hydroxylation is 2. The molecule has 0 radical (unpaired) electrons. The number of H-pyrrole nitrogens is 1. The van der Waals surface area contributed by atoms with Crippen molar-refractivity contribution < 1.29 is 13.2 Å². The highest BCUT2D eigenvalue weighted by Gasteiger charge is 2.29. The Morgan fingerprint density at radius 3 is 2.62 bits per heavy atom. The van der Waals surface area contributed by atoms with Crippen LogP contribution in [0, 0.1) is 19.8 Å². The molecule has 4 rings (SSSR count). The van der Waals surface area contributed by atoms with E-state index in [4.69, 9.17) is 0 Å². The number of aromatic nitrogens is 1. The van der Waals surface area contributed by atoms with Gasteiger partial charge in [-0.3, -0.25) is 4.79 Å². The first kappa shape index (κ1) is 19.7. The van der Waals surface area contributed by atoms with Gasteiger partial charge in [0.25, 0.3) is 0 Å². The summed E-state index contributed by atoms with van der Waals surface area (Å²) in [4.78, 5) is 15.9. The number of aromatic amines is 1. The Morgan fingerprint density at radius 2 is 1.93 bits per heavy atom. The molecule has 29 heavy (non-hydrogen) atoms. The molecular formula is C23H26N2O3S. The summed E-state index contributed by atoms with van der Waals surface area (Å²) in [6, 6.07) is 14.5. The summed E-state index contributed by atoms with van der Waals surface area (Å²) < 4.78 is 23.2. The first-order chi connectivity index (χ1) is 13.8. The molecule has 1 fully saturated rings. The number of carbonyl (C=O) groups excluding carboxylic acids is 1. The zero-order valence-electron chi connectivity index (χ0n) is 16.8. The number of amides is 1. The molecule has 1 aliphatic rings. The maximum Gasteiger partial charge on any atom is 0.220 e. The van der Waals surface area contributed by atoms with Crippen molar-refractivity contribution in [3.8, 4) is 11.3 Å². The van der Waals surface area contributed by atoms with Crippen molar-refractivity contribution in [2.24, 2.45) is 5.92 Å². The van der Waals surface area contributed by atoms with Crippen molar-refractivity contribution in [3.05, 3.63) is 59.2 Å². The lowest BCUT2D eigenvalue weighted by Gasteiger charge is -2.10. The summed E-state index contributed by atoms with van der Waals surface area (Å²) in [5.41, 5.74) is 6.64. The lowest BCUT2D eigenvalue weighted by molar-refractivity contribution is -0.122. The standard InChI is InChI=1S/C23H26N2O3S/c1-15-10-19(13-24-21(26)12-17-8-9-29(27,28)14-17)23-20(11-15)16(2)22(25-23)18-6-4-3-5-7-18/h3-7,10-11,17,25H,8-9,12-14H2,1-2H3,(H,24,26)/t17-/m0/s1. The Kier molecular flexibility index (Phi) is 5.21. The van der Waals surface area contributed by atoms with E-state index in [2.05, 4.69) is 48.4 Å². The van der Waals surface area contributed by atoms with Crippen molar-refractivity contribution in [1.29, 1.82) is 0 Å². The number of hydrogen-bond acceptors (Lipinski definition) is 3. The lowest BCUT2D eigenvalue weighted by Crippen LogP contribution is -2.25. The molecule has 152 valence electrons. The molecule has 0 spiro atoms. The lowest BCUT2D eigenvalue weighted by atomic mass is 10.0. The van der Waals surface area contributed by atoms with Gasteiger partial charge in [-0.1, -0.05) is 42.0 Å². The number of sulfone groups is 1. The predicted octanol–water partition coefficient (Wildman–Crippen LogP) is 3.89. The summed E-state index contributed by atoms with van der Waals surface area (Å²) in [5, 5.41) is 4.15. The third kappa shape index (κ3) is 4.22. The van der Waals surface area contributed by atoms with Crippen LogP contribution in [0.4, 0.5) is 0 Å². The maximum absolute atomic E-state index is 12.4. The van der Waals surface area contributed by atoms with E-state index >= 15 is 0 Å². The number of rotatable bonds is 5. The van der Waals surface area contributed by atoms with Crippen LogP contribution >= 0.6 is 0 Å². The SMILES string of the molecule is Cc1cc(CNC(=O)C[C@@H]2CCS(=O)(=O)C2)c2[nH]c(-c3ccccc3)c(C)c2c1. The van der Waals surface area contributed by atoms with Gasteiger partial charge in [0, 0.05) is 24.0 Å². The van der Waals surface area contributed by atoms with Gasteiger partial charge in [-0.05, 0) is 48.9 Å². The second kappa shape index (κ2) is 7.67. The molecule has 0 saturated carbocycles. The van der Waals surface area contributed by atoms with Gasteiger partial charge in [0.2, 0.25) is 5.91 Å². The molecule has 0 bridgehead atoms. The zero-order chi connectivity index (χ0) is 20.6. The molecule has 2 heterocycles. The molecule has 1 aromatic heterocycles. The third-order valence-corrected chi connectivity index (χ3v) is 7.57. The van der Waals surface area contributed by atoms with E-state index in [0.717, 1.165) is 33.3 Å². The molecule has 1 aliphatic heterocycles. The van der Waals surface area contributed by atoms with Gasteiger partial charge < -0.3 is 10.3 Å². The number of nitrogens with one attached hydrogen (secondary N) is 2. The monoisotopic (exact) mass is 410 g/mol. The van der Waals surface area contributed by atoms with E-state index in [-0.39, 0.29) is 29.8 Å². The predicted molar refractivity (Wildman–Crippen MR) is 116 cm³/mol. The van der Waals surface area contributed by atoms with E-state index in [1.807, 2.05) is 18.2 Å². The Morgan fingerprint density at radius 1 is 1.17 bits per heavy atom. The van der Waals surface area contributed by atoms with Gasteiger partial charge in [0.05, 0.1) is 17.0 Å². The van der Waals surface area contributed by atoms with Crippen molar-refractivity contribution >= 4 is 26.6 Å². The Labute approximate surface area is 171 Å². The molecule has 6 heteroatoms. The molecule has 5 nitrogen and oxygen atoms in total. The topological polar surface area (TPSA) is 79.0 Å². The molecule has 0 unspecified atom stereocenters. The van der Waals surface area contributed by atoms with E-state index in [9.17, 15) is 13.2 Å². The Balaban J connectivity index is 1.55. The number of benzene rings is 2. The largest absolute Gasteiger partial charge is 0.354 e. The fourth-order valence-electron chi connectivity index (χ4n) is 4.25. The fraction of sp³-hybridized carbons (Fsp3) is 0.348. The van der Waals surface area contributed by atoms with E-state index < -0.39 is 9.84 Å². The number of fused-ring (bicyclic) bond motifs is 1. The van der Waals surface area contributed by atoms with Crippen LogP contribution in [0.3, 0.4) is 0 Å². The highest BCUT2D eigenvalue weighted by atomic mass is 32.2. The minimum Gasteiger partial charge on any atom is -0.354 e. The minimum atomic E-state index is -2.96. The molecule has 1 saturated heterocycles. The summed E-state index contributed by atoms with van der Waals surface area (Å²) in [6.07, 6.45) is 0.855. The van der Waals surface area contributed by atoms with E-state index in [1.54, 1.807) is 0 Å². The summed E-state index contributed by atoms with van der Waals surface area (Å²) in [6.45, 7) is 4.59. The van der Waals surface area contributed by atoms with Crippen molar-refractivity contribution in [2.45, 2.75) is 33.2 Å². The van der Waals surface area contributed by atoms with Crippen molar-refractivity contribution in [3.63, 3.8) is 0 Å². The zero-order valence-corrected chi connectivity index (χ0v) is 17.6. The van der Waals surface area contributed by atoms with E-state index in [0.29, 0.717) is 13.0 Å². The highest BCUT2D eigenvalue weighted by Crippen LogP contribution is 2.32. The van der Waals surface area contributed by atoms with Crippen LogP contribution in [0.5, 0.6) is 0 Å². The molecule has 3 aromatic rings. The van der Waals surface area contributed by atoms with Crippen LogP contribution in [-0.2, 0) is 21.2 Å². The second-order valence-corrected chi connectivity index (χ2v) is 10.3. The van der Waals surface area contributed by atoms with Gasteiger partial charge >= 0.3 is 0 Å². The van der Waals surface area contributed by atoms with E-state index in [1.165, 1.54) is 5.56 Å². The highest BCUT2D eigenvalue weighted by molar-refractivity contribution is 7.91. The summed E-state index contributed by atoms with van der Waals surface area (Å²) >= 11 is 0. The van der Waals surface area contributed by atoms with Crippen LogP contribution in [0.1, 0.15) is 29.5 Å².